The van der Waals surface area contributed by atoms with Crippen LogP contribution in [0.5, 0.6) is 5.75 Å². The van der Waals surface area contributed by atoms with E-state index in [4.69, 9.17) is 4.74 Å². The number of para-hydroxylation sites is 2. The zero-order valence-electron chi connectivity index (χ0n) is 21.2. The molecule has 188 valence electrons. The summed E-state index contributed by atoms with van der Waals surface area (Å²) in [5.74, 6) is -0.0633. The first-order valence-electron chi connectivity index (χ1n) is 12.8. The predicted molar refractivity (Wildman–Crippen MR) is 147 cm³/mol. The largest absolute Gasteiger partial charge is 0.495 e. The summed E-state index contributed by atoms with van der Waals surface area (Å²) < 4.78 is 5.63. The van der Waals surface area contributed by atoms with E-state index in [1.807, 2.05) is 30.3 Å². The number of aryl methyl sites for hydroxylation is 1. The van der Waals surface area contributed by atoms with Gasteiger partial charge in [0.25, 0.3) is 0 Å². The van der Waals surface area contributed by atoms with Gasteiger partial charge in [0, 0.05) is 19.1 Å². The van der Waals surface area contributed by atoms with Gasteiger partial charge in [0.2, 0.25) is 0 Å². The molecular weight excluding hydrogens is 448 g/mol. The molecule has 0 amide bonds. The Bertz CT molecular complexity index is 1190. The number of unbranched alkanes of at least 4 members (excludes halogenated alkanes) is 1. The lowest BCUT2D eigenvalue weighted by Gasteiger charge is -2.27. The third-order valence-corrected chi connectivity index (χ3v) is 6.88. The minimum absolute atomic E-state index is 0.304. The van der Waals surface area contributed by atoms with Crippen LogP contribution in [-0.2, 0) is 13.0 Å². The molecule has 0 bridgehead atoms. The Morgan fingerprint density at radius 1 is 1.03 bits per heavy atom. The number of ether oxygens (including phenoxy) is 1. The normalized spacial score (nSPS) is 13.4. The zero-order chi connectivity index (χ0) is 25.3. The van der Waals surface area contributed by atoms with Crippen molar-refractivity contribution >= 4 is 17.2 Å². The molecule has 0 saturated carbocycles. The first kappa shape index (κ1) is 25.5. The number of benzene rings is 3. The van der Waals surface area contributed by atoms with Gasteiger partial charge in [-0.2, -0.15) is 0 Å². The molecule has 0 aromatic heterocycles. The van der Waals surface area contributed by atoms with E-state index in [0.717, 1.165) is 55.8 Å². The Labute approximate surface area is 214 Å². The number of carboxylic acids is 1. The summed E-state index contributed by atoms with van der Waals surface area (Å²) in [5.41, 5.74) is 6.68. The second-order valence-electron chi connectivity index (χ2n) is 9.33. The lowest BCUT2D eigenvalue weighted by atomic mass is 9.87. The standard InChI is InChI=1S/C31H36N2O3/c1-23(27-13-9-11-25-10-3-4-12-28(25)27)32-20-7-8-21-33(29-14-5-6-15-30(29)36-2)22-24-16-18-26(19-17-24)31(34)35/h3-6,10,12-19,23,32H,7-9,11,20-22H2,1-2H3,(H,34,35). The molecule has 0 saturated heterocycles. The fraction of sp³-hybridized carbons (Fsp3) is 0.323. The van der Waals surface area contributed by atoms with Gasteiger partial charge >= 0.3 is 5.97 Å². The zero-order valence-corrected chi connectivity index (χ0v) is 21.2. The van der Waals surface area contributed by atoms with Crippen molar-refractivity contribution in [2.75, 3.05) is 25.1 Å². The highest BCUT2D eigenvalue weighted by Crippen LogP contribution is 2.30. The van der Waals surface area contributed by atoms with Gasteiger partial charge in [-0.1, -0.05) is 54.6 Å². The molecule has 4 rings (SSSR count). The predicted octanol–water partition coefficient (Wildman–Crippen LogP) is 6.19. The minimum atomic E-state index is -0.905. The lowest BCUT2D eigenvalue weighted by molar-refractivity contribution is 0.0697. The van der Waals surface area contributed by atoms with Crippen LogP contribution in [0.25, 0.3) is 5.57 Å². The molecule has 36 heavy (non-hydrogen) atoms. The minimum Gasteiger partial charge on any atom is -0.495 e. The van der Waals surface area contributed by atoms with E-state index >= 15 is 0 Å². The fourth-order valence-electron chi connectivity index (χ4n) is 4.93. The topological polar surface area (TPSA) is 61.8 Å². The third kappa shape index (κ3) is 6.35. The molecule has 3 aromatic rings. The van der Waals surface area contributed by atoms with Gasteiger partial charge in [0.1, 0.15) is 5.75 Å². The van der Waals surface area contributed by atoms with E-state index in [2.05, 4.69) is 53.5 Å². The van der Waals surface area contributed by atoms with Crippen molar-refractivity contribution in [1.82, 2.24) is 5.32 Å². The van der Waals surface area contributed by atoms with E-state index in [-0.39, 0.29) is 0 Å². The smallest absolute Gasteiger partial charge is 0.335 e. The monoisotopic (exact) mass is 484 g/mol. The van der Waals surface area contributed by atoms with Crippen molar-refractivity contribution in [2.24, 2.45) is 0 Å². The van der Waals surface area contributed by atoms with Gasteiger partial charge in [-0.3, -0.25) is 0 Å². The number of nitrogens with one attached hydrogen (secondary N) is 1. The summed E-state index contributed by atoms with van der Waals surface area (Å²) in [6.45, 7) is 4.78. The molecule has 0 spiro atoms. The van der Waals surface area contributed by atoms with Crippen LogP contribution in [0.4, 0.5) is 5.69 Å². The van der Waals surface area contributed by atoms with Crippen molar-refractivity contribution in [1.29, 1.82) is 0 Å². The highest BCUT2D eigenvalue weighted by Gasteiger charge is 2.17. The number of carbonyl (C=O) groups is 1. The van der Waals surface area contributed by atoms with Crippen LogP contribution in [0.15, 0.2) is 78.9 Å². The highest BCUT2D eigenvalue weighted by atomic mass is 16.5. The van der Waals surface area contributed by atoms with E-state index in [0.29, 0.717) is 18.2 Å². The molecular formula is C31H36N2O3. The Morgan fingerprint density at radius 2 is 1.78 bits per heavy atom. The Hall–Kier alpha value is -3.57. The molecule has 1 unspecified atom stereocenters. The van der Waals surface area contributed by atoms with Gasteiger partial charge in [-0.15, -0.1) is 0 Å². The van der Waals surface area contributed by atoms with Crippen LogP contribution >= 0.6 is 0 Å². The van der Waals surface area contributed by atoms with E-state index in [1.54, 1.807) is 19.2 Å². The summed E-state index contributed by atoms with van der Waals surface area (Å²) in [6, 6.07) is 24.3. The molecule has 1 aliphatic carbocycles. The van der Waals surface area contributed by atoms with Crippen molar-refractivity contribution < 1.29 is 14.6 Å². The van der Waals surface area contributed by atoms with Crippen molar-refractivity contribution in [3.8, 4) is 5.75 Å². The van der Waals surface area contributed by atoms with Crippen molar-refractivity contribution in [2.45, 2.75) is 45.2 Å². The van der Waals surface area contributed by atoms with Gasteiger partial charge in [-0.25, -0.2) is 4.79 Å². The summed E-state index contributed by atoms with van der Waals surface area (Å²) in [7, 11) is 1.70. The number of aromatic carboxylic acids is 1. The summed E-state index contributed by atoms with van der Waals surface area (Å²) in [6.07, 6.45) is 6.71. The Morgan fingerprint density at radius 3 is 2.56 bits per heavy atom. The van der Waals surface area contributed by atoms with Crippen LogP contribution < -0.4 is 15.0 Å². The molecule has 1 atom stereocenters. The number of hydrogen-bond donors (Lipinski definition) is 2. The Kier molecular flexibility index (Phi) is 8.80. The van der Waals surface area contributed by atoms with Crippen LogP contribution in [-0.4, -0.2) is 37.3 Å². The average Bonchev–Trinajstić information content (AvgIpc) is 2.92. The SMILES string of the molecule is COc1ccccc1N(CCCCNC(C)C1=CCCc2ccccc21)Cc1ccc(C(=O)O)cc1. The van der Waals surface area contributed by atoms with E-state index < -0.39 is 5.97 Å². The van der Waals surface area contributed by atoms with Gasteiger partial charge in [0.05, 0.1) is 18.4 Å². The van der Waals surface area contributed by atoms with Gasteiger partial charge in [0.15, 0.2) is 0 Å². The average molecular weight is 485 g/mol. The molecule has 5 heteroatoms. The number of methoxy groups -OCH3 is 1. The van der Waals surface area contributed by atoms with Crippen molar-refractivity contribution in [3.05, 3.63) is 101 Å². The molecule has 2 N–H and O–H groups in total. The third-order valence-electron chi connectivity index (χ3n) is 6.88. The molecule has 0 radical (unpaired) electrons. The number of carboxylic acid groups (broad SMARTS) is 1. The molecule has 0 aliphatic heterocycles. The summed E-state index contributed by atoms with van der Waals surface area (Å²) >= 11 is 0. The van der Waals surface area contributed by atoms with Crippen LogP contribution in [0.1, 0.15) is 53.2 Å². The summed E-state index contributed by atoms with van der Waals surface area (Å²) in [5, 5.41) is 12.9. The number of rotatable bonds is 12. The number of nitrogens with zero attached hydrogens (tertiary/aromatic N) is 1. The fourth-order valence-corrected chi connectivity index (χ4v) is 4.93. The van der Waals surface area contributed by atoms with Crippen LogP contribution in [0.2, 0.25) is 0 Å². The second-order valence-corrected chi connectivity index (χ2v) is 9.33. The quantitative estimate of drug-likeness (QED) is 0.300. The Balaban J connectivity index is 1.35. The van der Waals surface area contributed by atoms with E-state index in [9.17, 15) is 9.90 Å². The maximum atomic E-state index is 11.2. The summed E-state index contributed by atoms with van der Waals surface area (Å²) in [4.78, 5) is 13.5. The van der Waals surface area contributed by atoms with Crippen LogP contribution in [0.3, 0.4) is 0 Å². The molecule has 0 fully saturated rings. The maximum absolute atomic E-state index is 11.2. The molecule has 1 aliphatic rings. The number of allylic oxidation sites excluding steroid dienone is 1. The first-order chi connectivity index (χ1) is 17.6. The van der Waals surface area contributed by atoms with E-state index in [1.165, 1.54) is 16.7 Å². The van der Waals surface area contributed by atoms with Gasteiger partial charge in [-0.05, 0) is 85.7 Å². The van der Waals surface area contributed by atoms with Gasteiger partial charge < -0.3 is 20.1 Å². The lowest BCUT2D eigenvalue weighted by Crippen LogP contribution is -2.30. The number of anilines is 1. The molecule has 0 heterocycles. The van der Waals surface area contributed by atoms with Crippen molar-refractivity contribution in [3.63, 3.8) is 0 Å². The van der Waals surface area contributed by atoms with Crippen LogP contribution in [0, 0.1) is 0 Å². The molecule has 5 nitrogen and oxygen atoms in total. The molecule has 3 aromatic carbocycles. The highest BCUT2D eigenvalue weighted by molar-refractivity contribution is 5.87. The maximum Gasteiger partial charge on any atom is 0.335 e. The number of hydrogen-bond acceptors (Lipinski definition) is 4. The number of fused-ring (bicyclic) bond motifs is 1. The first-order valence-corrected chi connectivity index (χ1v) is 12.8. The second kappa shape index (κ2) is 12.4.